The summed E-state index contributed by atoms with van der Waals surface area (Å²) in [6.45, 7) is 4.74. The molecule has 0 aliphatic carbocycles. The number of rotatable bonds is 6. The maximum atomic E-state index is 12.0. The third kappa shape index (κ3) is 5.14. The maximum Gasteiger partial charge on any atom is 0.326 e. The van der Waals surface area contributed by atoms with Gasteiger partial charge < -0.3 is 15.4 Å². The smallest absolute Gasteiger partial charge is 0.326 e. The van der Waals surface area contributed by atoms with Gasteiger partial charge in [-0.15, -0.1) is 0 Å². The van der Waals surface area contributed by atoms with Crippen molar-refractivity contribution in [2.75, 3.05) is 29.6 Å². The number of amides is 2. The largest absolute Gasteiger partial charge is 0.497 e. The van der Waals surface area contributed by atoms with Gasteiger partial charge in [-0.1, -0.05) is 6.92 Å². The number of aryl methyl sites for hydroxylation is 1. The predicted molar refractivity (Wildman–Crippen MR) is 91.2 cm³/mol. The van der Waals surface area contributed by atoms with Crippen molar-refractivity contribution in [2.24, 2.45) is 0 Å². The van der Waals surface area contributed by atoms with E-state index in [9.17, 15) is 4.79 Å². The first-order chi connectivity index (χ1) is 11.1. The lowest BCUT2D eigenvalue weighted by Gasteiger charge is -2.10. The summed E-state index contributed by atoms with van der Waals surface area (Å²) in [5.74, 6) is 1.68. The Bertz CT molecular complexity index is 658. The van der Waals surface area contributed by atoms with Crippen LogP contribution in [0.15, 0.2) is 30.3 Å². The van der Waals surface area contributed by atoms with E-state index in [-0.39, 0.29) is 5.95 Å². The van der Waals surface area contributed by atoms with E-state index >= 15 is 0 Å². The number of nitrogens with zero attached hydrogens (tertiary/aromatic N) is 2. The molecule has 7 nitrogen and oxygen atoms in total. The molecule has 1 heterocycles. The van der Waals surface area contributed by atoms with Gasteiger partial charge in [-0.2, -0.15) is 4.98 Å². The fourth-order valence-corrected chi connectivity index (χ4v) is 1.91. The van der Waals surface area contributed by atoms with Crippen LogP contribution < -0.4 is 20.7 Å². The average molecular weight is 315 g/mol. The van der Waals surface area contributed by atoms with Crippen LogP contribution in [0.2, 0.25) is 0 Å². The first kappa shape index (κ1) is 16.5. The van der Waals surface area contributed by atoms with Crippen LogP contribution >= 0.6 is 0 Å². The van der Waals surface area contributed by atoms with Gasteiger partial charge in [0.05, 0.1) is 7.11 Å². The second kappa shape index (κ2) is 7.98. The minimum atomic E-state index is -0.401. The predicted octanol–water partition coefficient (Wildman–Crippen LogP) is 3.26. The molecule has 2 amide bonds. The van der Waals surface area contributed by atoms with Crippen LogP contribution in [0.1, 0.15) is 19.0 Å². The molecule has 1 aromatic heterocycles. The van der Waals surface area contributed by atoms with Gasteiger partial charge in [-0.05, 0) is 37.6 Å². The Morgan fingerprint density at radius 1 is 1.17 bits per heavy atom. The molecule has 2 aromatic rings. The van der Waals surface area contributed by atoms with E-state index in [1.807, 2.05) is 13.0 Å². The van der Waals surface area contributed by atoms with Gasteiger partial charge in [0.1, 0.15) is 11.6 Å². The zero-order chi connectivity index (χ0) is 16.7. The van der Waals surface area contributed by atoms with Crippen LogP contribution in [0.4, 0.5) is 22.2 Å². The topological polar surface area (TPSA) is 88.2 Å². The molecule has 0 spiro atoms. The minimum Gasteiger partial charge on any atom is -0.497 e. The van der Waals surface area contributed by atoms with Crippen molar-refractivity contribution in [3.05, 3.63) is 36.0 Å². The van der Waals surface area contributed by atoms with E-state index in [2.05, 4.69) is 32.8 Å². The molecule has 0 unspecified atom stereocenters. The van der Waals surface area contributed by atoms with Crippen molar-refractivity contribution in [3.8, 4) is 5.75 Å². The quantitative estimate of drug-likeness (QED) is 0.761. The summed E-state index contributed by atoms with van der Waals surface area (Å²) in [5, 5.41) is 8.53. The van der Waals surface area contributed by atoms with Crippen LogP contribution in [-0.4, -0.2) is 29.7 Å². The number of nitrogens with one attached hydrogen (secondary N) is 3. The molecule has 122 valence electrons. The number of hydrogen-bond acceptors (Lipinski definition) is 5. The summed E-state index contributed by atoms with van der Waals surface area (Å²) >= 11 is 0. The molecule has 0 aliphatic heterocycles. The lowest BCUT2D eigenvalue weighted by Crippen LogP contribution is -2.21. The number of methoxy groups -OCH3 is 1. The molecule has 0 saturated carbocycles. The molecule has 0 atom stereocenters. The lowest BCUT2D eigenvalue weighted by molar-refractivity contribution is 0.262. The Balaban J connectivity index is 1.99. The molecule has 2 rings (SSSR count). The zero-order valence-corrected chi connectivity index (χ0v) is 13.5. The summed E-state index contributed by atoms with van der Waals surface area (Å²) in [6, 6.07) is 8.48. The molecule has 0 aliphatic rings. The van der Waals surface area contributed by atoms with Gasteiger partial charge in [-0.25, -0.2) is 9.78 Å². The highest BCUT2D eigenvalue weighted by atomic mass is 16.5. The van der Waals surface area contributed by atoms with Crippen molar-refractivity contribution < 1.29 is 9.53 Å². The van der Waals surface area contributed by atoms with E-state index in [1.165, 1.54) is 0 Å². The molecule has 7 heteroatoms. The molecular weight excluding hydrogens is 294 g/mol. The summed E-state index contributed by atoms with van der Waals surface area (Å²) in [4.78, 5) is 20.5. The first-order valence-corrected chi connectivity index (χ1v) is 7.42. The Hall–Kier alpha value is -2.83. The highest BCUT2D eigenvalue weighted by Gasteiger charge is 2.07. The second-order valence-electron chi connectivity index (χ2n) is 4.95. The molecule has 0 saturated heterocycles. The number of carbonyl (C=O) groups excluding carboxylic acids is 1. The van der Waals surface area contributed by atoms with Crippen molar-refractivity contribution in [3.63, 3.8) is 0 Å². The highest BCUT2D eigenvalue weighted by molar-refractivity contribution is 5.98. The highest BCUT2D eigenvalue weighted by Crippen LogP contribution is 2.15. The van der Waals surface area contributed by atoms with Gasteiger partial charge in [0, 0.05) is 24.0 Å². The number of carbonyl (C=O) groups is 1. The summed E-state index contributed by atoms with van der Waals surface area (Å²) in [6.07, 6.45) is 0.990. The molecule has 0 radical (unpaired) electrons. The third-order valence-electron chi connectivity index (χ3n) is 2.98. The summed E-state index contributed by atoms with van der Waals surface area (Å²) in [7, 11) is 1.59. The standard InChI is InChI=1S/C16H21N5O2/c1-4-9-17-14-10-11(2)18-15(20-14)21-16(22)19-12-5-7-13(23-3)8-6-12/h5-8,10H,4,9H2,1-3H3,(H3,17,18,19,20,21,22). The maximum absolute atomic E-state index is 12.0. The molecule has 1 aromatic carbocycles. The third-order valence-corrected chi connectivity index (χ3v) is 2.98. The van der Waals surface area contributed by atoms with Crippen LogP contribution in [0.5, 0.6) is 5.75 Å². The summed E-state index contributed by atoms with van der Waals surface area (Å²) < 4.78 is 5.07. The number of ether oxygens (including phenoxy) is 1. The Morgan fingerprint density at radius 2 is 1.91 bits per heavy atom. The van der Waals surface area contributed by atoms with Gasteiger partial charge in [0.15, 0.2) is 0 Å². The summed E-state index contributed by atoms with van der Waals surface area (Å²) in [5.41, 5.74) is 1.43. The number of anilines is 3. The Kier molecular flexibility index (Phi) is 5.74. The van der Waals surface area contributed by atoms with Crippen LogP contribution in [0, 0.1) is 6.92 Å². The van der Waals surface area contributed by atoms with Gasteiger partial charge in [-0.3, -0.25) is 5.32 Å². The van der Waals surface area contributed by atoms with Crippen molar-refractivity contribution in [1.82, 2.24) is 9.97 Å². The van der Waals surface area contributed by atoms with Crippen molar-refractivity contribution in [1.29, 1.82) is 0 Å². The molecule has 0 fully saturated rings. The molecule has 0 bridgehead atoms. The van der Waals surface area contributed by atoms with Gasteiger partial charge in [0.25, 0.3) is 0 Å². The minimum absolute atomic E-state index is 0.259. The second-order valence-corrected chi connectivity index (χ2v) is 4.95. The monoisotopic (exact) mass is 315 g/mol. The van der Waals surface area contributed by atoms with Crippen LogP contribution in [-0.2, 0) is 0 Å². The Morgan fingerprint density at radius 3 is 2.57 bits per heavy atom. The number of hydrogen-bond donors (Lipinski definition) is 3. The van der Waals surface area contributed by atoms with Crippen LogP contribution in [0.25, 0.3) is 0 Å². The van der Waals surface area contributed by atoms with Crippen LogP contribution in [0.3, 0.4) is 0 Å². The molecule has 23 heavy (non-hydrogen) atoms. The number of benzene rings is 1. The van der Waals surface area contributed by atoms with Gasteiger partial charge >= 0.3 is 6.03 Å². The zero-order valence-electron chi connectivity index (χ0n) is 13.5. The normalized spacial score (nSPS) is 10.0. The first-order valence-electron chi connectivity index (χ1n) is 7.42. The SMILES string of the molecule is CCCNc1cc(C)nc(NC(=O)Nc2ccc(OC)cc2)n1. The van der Waals surface area contributed by atoms with E-state index in [4.69, 9.17) is 4.74 Å². The fourth-order valence-electron chi connectivity index (χ4n) is 1.91. The van der Waals surface area contributed by atoms with Crippen molar-refractivity contribution in [2.45, 2.75) is 20.3 Å². The number of aromatic nitrogens is 2. The fraction of sp³-hybridized carbons (Fsp3) is 0.312. The van der Waals surface area contributed by atoms with E-state index < -0.39 is 6.03 Å². The van der Waals surface area contributed by atoms with E-state index in [0.717, 1.165) is 24.4 Å². The lowest BCUT2D eigenvalue weighted by atomic mass is 10.3. The molecule has 3 N–H and O–H groups in total. The Labute approximate surface area is 135 Å². The average Bonchev–Trinajstić information content (AvgIpc) is 2.53. The number of urea groups is 1. The van der Waals surface area contributed by atoms with E-state index in [1.54, 1.807) is 31.4 Å². The van der Waals surface area contributed by atoms with Gasteiger partial charge in [0.2, 0.25) is 5.95 Å². The van der Waals surface area contributed by atoms with E-state index in [0.29, 0.717) is 11.5 Å². The van der Waals surface area contributed by atoms with Crippen molar-refractivity contribution >= 4 is 23.5 Å². The molecular formula is C16H21N5O2.